The highest BCUT2D eigenvalue weighted by atomic mass is 32.2. The minimum absolute atomic E-state index is 0.0240. The Bertz CT molecular complexity index is 3290. The number of carbonyl (C=O) groups excluding carboxylic acids is 8. The Morgan fingerprint density at radius 1 is 0.637 bits per heavy atom. The molecule has 6 amide bonds. The van der Waals surface area contributed by atoms with Gasteiger partial charge in [0.05, 0.1) is 50.0 Å². The first-order valence-corrected chi connectivity index (χ1v) is 39.9. The number of aliphatic hydroxyl groups is 1. The molecule has 0 spiro atoms. The van der Waals surface area contributed by atoms with E-state index in [1.54, 1.807) is 56.8 Å². The molecule has 2 aromatic carbocycles. The maximum Gasteiger partial charge on any atom is 0.317 e. The van der Waals surface area contributed by atoms with Crippen molar-refractivity contribution in [2.24, 2.45) is 11.7 Å². The summed E-state index contributed by atoms with van der Waals surface area (Å²) in [7, 11) is -4.05. The van der Waals surface area contributed by atoms with Crippen molar-refractivity contribution >= 4 is 116 Å². The molecule has 3 saturated heterocycles. The van der Waals surface area contributed by atoms with Crippen LogP contribution in [0, 0.1) is 5.92 Å². The van der Waals surface area contributed by atoms with Gasteiger partial charge in [0, 0.05) is 113 Å². The van der Waals surface area contributed by atoms with Crippen LogP contribution in [0.4, 0.5) is 0 Å². The number of amides is 6. The molecule has 2 bridgehead atoms. The van der Waals surface area contributed by atoms with Gasteiger partial charge in [-0.1, -0.05) is 68.3 Å². The van der Waals surface area contributed by atoms with Crippen LogP contribution in [-0.2, 0) is 91.2 Å². The van der Waals surface area contributed by atoms with Crippen molar-refractivity contribution in [3.8, 4) is 0 Å². The van der Waals surface area contributed by atoms with Crippen LogP contribution in [0.15, 0.2) is 48.5 Å². The molecular weight excluding hydrogens is 1400 g/mol. The molecule has 8 atom stereocenters. The highest BCUT2D eigenvalue weighted by Gasteiger charge is 2.45. The summed E-state index contributed by atoms with van der Waals surface area (Å²) in [5, 5.41) is 58.3. The molecule has 4 aliphatic rings. The van der Waals surface area contributed by atoms with Gasteiger partial charge in [0.15, 0.2) is 5.78 Å². The zero-order valence-electron chi connectivity index (χ0n) is 58.1. The molecule has 566 valence electrons. The number of Topliss-reactive ketones (excluding diaryl/α,β-unsaturated/α-hetero) is 2. The first kappa shape index (κ1) is 84.2. The number of unbranched alkanes of at least 4 members (excludes halogenated alkanes) is 2. The van der Waals surface area contributed by atoms with Crippen molar-refractivity contribution in [1.82, 2.24) is 50.1 Å². The topological polar surface area (TPSA) is 434 Å². The molecule has 0 aliphatic carbocycles. The molecule has 102 heavy (non-hydrogen) atoms. The fourth-order valence-electron chi connectivity index (χ4n) is 12.8. The number of rotatable bonds is 27. The van der Waals surface area contributed by atoms with Crippen LogP contribution >= 0.6 is 35.3 Å². The summed E-state index contributed by atoms with van der Waals surface area (Å²) in [6, 6.07) is 6.16. The van der Waals surface area contributed by atoms with E-state index in [1.807, 2.05) is 30.0 Å². The summed E-state index contributed by atoms with van der Waals surface area (Å²) in [4.78, 5) is 171. The summed E-state index contributed by atoms with van der Waals surface area (Å²) in [5.41, 5.74) is 8.51. The number of carboxylic acids is 4. The lowest BCUT2D eigenvalue weighted by Gasteiger charge is -2.33. The Morgan fingerprint density at radius 3 is 1.72 bits per heavy atom. The highest BCUT2D eigenvalue weighted by molar-refractivity contribution is 7.99. The quantitative estimate of drug-likeness (QED) is 0.0550. The minimum atomic E-state index is -4.05. The summed E-state index contributed by atoms with van der Waals surface area (Å²) in [5.74, 6) is -10.3. The summed E-state index contributed by atoms with van der Waals surface area (Å²) in [6.45, 7) is 4.46. The van der Waals surface area contributed by atoms with Gasteiger partial charge in [0.1, 0.15) is 36.0 Å². The molecule has 30 nitrogen and oxygen atoms in total. The molecular formula is C68H101N11O19S4. The van der Waals surface area contributed by atoms with E-state index in [1.165, 1.54) is 40.2 Å². The van der Waals surface area contributed by atoms with Gasteiger partial charge in [-0.05, 0) is 86.3 Å². The fourth-order valence-corrected chi connectivity index (χ4v) is 17.1. The van der Waals surface area contributed by atoms with Crippen LogP contribution < -0.4 is 26.4 Å². The van der Waals surface area contributed by atoms with Crippen molar-refractivity contribution in [2.75, 3.05) is 115 Å². The van der Waals surface area contributed by atoms with E-state index in [4.69, 9.17) is 5.73 Å². The van der Waals surface area contributed by atoms with E-state index in [0.29, 0.717) is 62.3 Å². The number of nitrogens with one attached hydrogen (secondary N) is 4. The molecule has 34 heteroatoms. The lowest BCUT2D eigenvalue weighted by atomic mass is 9.95. The van der Waals surface area contributed by atoms with Crippen LogP contribution in [-0.4, -0.2) is 291 Å². The molecule has 0 saturated carbocycles. The van der Waals surface area contributed by atoms with E-state index in [2.05, 4.69) is 20.7 Å². The number of carbonyl (C=O) groups is 12. The summed E-state index contributed by atoms with van der Waals surface area (Å²) in [6.07, 6.45) is 0.371. The number of carboxylic acid groups (broad SMARTS) is 4. The number of nitrogens with zero attached hydrogens (tertiary/aromatic N) is 6. The standard InChI is InChI=1S/C68H101N11O19S4/c1-3-4-8-30-102(97,98)73-54-44-101-42-49-32-47(40-99-29-11-14-51(81)36-74-21-23-75(37-59(84)85)25-27-77(39-61(88)89)28-26-76(24-22-74)38-60(86)87)31-48(33-49)41-100-43-50(68(95)96)35-57(82)53(34-46-12-6-5-7-13-46)71-63(90)52(17-18-58(69)83)70-65(92)62(45(2)80)72-64(91)55-15-9-19-78(55)67(94)56-16-10-20-79(56)66(54)93/h5-7,12-13,31-33,45,50,52-56,62,73,80H,3-4,8-11,14-30,34-44H2,1-2H3,(H2,69,83)(H,70,92)(H,71,90)(H,72,91)(H,84,85)(H,86,87)(H,88,89)(H,95,96)/t45-,50+,52+,53+,54+,55+,56+,62+/m1/s1. The van der Waals surface area contributed by atoms with E-state index in [0.717, 1.165) is 23.1 Å². The van der Waals surface area contributed by atoms with Gasteiger partial charge in [-0.3, -0.25) is 77.1 Å². The average Bonchev–Trinajstić information content (AvgIpc) is 1.63. The number of nitrogens with two attached hydrogens (primary N) is 1. The second-order valence-electron chi connectivity index (χ2n) is 26.5. The van der Waals surface area contributed by atoms with Crippen molar-refractivity contribution in [3.63, 3.8) is 0 Å². The normalized spacial score (nSPS) is 23.6. The largest absolute Gasteiger partial charge is 0.481 e. The summed E-state index contributed by atoms with van der Waals surface area (Å²) < 4.78 is 30.3. The lowest BCUT2D eigenvalue weighted by Crippen LogP contribution is -2.61. The highest BCUT2D eigenvalue weighted by Crippen LogP contribution is 2.29. The molecule has 11 N–H and O–H groups in total. The SMILES string of the molecule is CCCCCS(=O)(=O)N[C@H]1CSCc2cc(CSCCCC(=O)CN3CCN(CC(=O)O)CCN(CC(=O)O)CCN(CC(=O)O)CC3)cc(c2)CSC[C@@H](C(=O)O)CC(=O)[C@H](Cc2ccccc2)NC(=O)[C@H](CCC(N)=O)NC(=O)[C@H]([C@@H](C)O)NC(=O)[C@@H]2CCCN2C(=O)[C@@H]2CCCN2C1=O. The third-order valence-corrected chi connectivity index (χ3v) is 23.0. The Kier molecular flexibility index (Phi) is 35.4. The molecule has 4 aliphatic heterocycles. The summed E-state index contributed by atoms with van der Waals surface area (Å²) >= 11 is 4.08. The predicted molar refractivity (Wildman–Crippen MR) is 384 cm³/mol. The van der Waals surface area contributed by atoms with Crippen LogP contribution in [0.3, 0.4) is 0 Å². The second kappa shape index (κ2) is 42.9. The number of benzene rings is 2. The van der Waals surface area contributed by atoms with Gasteiger partial charge in [-0.15, -0.1) is 0 Å². The maximum atomic E-state index is 14.9. The number of aliphatic hydroxyl groups excluding tert-OH is 1. The number of sulfonamides is 1. The molecule has 0 aromatic heterocycles. The number of thioether (sulfide) groups is 3. The maximum absolute atomic E-state index is 14.9. The predicted octanol–water partition coefficient (Wildman–Crippen LogP) is 0.688. The first-order chi connectivity index (χ1) is 48.6. The van der Waals surface area contributed by atoms with Gasteiger partial charge < -0.3 is 57.0 Å². The molecule has 4 heterocycles. The van der Waals surface area contributed by atoms with Gasteiger partial charge in [-0.2, -0.15) is 35.3 Å². The second-order valence-corrected chi connectivity index (χ2v) is 31.5. The number of ketones is 2. The fraction of sp³-hybridized carbons (Fsp3) is 0.647. The van der Waals surface area contributed by atoms with Crippen LogP contribution in [0.1, 0.15) is 113 Å². The van der Waals surface area contributed by atoms with Crippen LogP contribution in [0.5, 0.6) is 0 Å². The third kappa shape index (κ3) is 29.1. The number of fused-ring (bicyclic) bond motifs is 4. The Morgan fingerprint density at radius 2 is 1.18 bits per heavy atom. The van der Waals surface area contributed by atoms with Gasteiger partial charge >= 0.3 is 23.9 Å². The first-order valence-electron chi connectivity index (χ1n) is 34.8. The van der Waals surface area contributed by atoms with Gasteiger partial charge in [-0.25, -0.2) is 13.1 Å². The molecule has 3 fully saturated rings. The van der Waals surface area contributed by atoms with Gasteiger partial charge in [0.2, 0.25) is 45.5 Å². The number of aliphatic carboxylic acids is 4. The Balaban J connectivity index is 1.27. The van der Waals surface area contributed by atoms with E-state index < -0.39 is 136 Å². The zero-order chi connectivity index (χ0) is 74.5. The zero-order valence-corrected chi connectivity index (χ0v) is 61.4. The number of hydrogen-bond acceptors (Lipinski definition) is 22. The van der Waals surface area contributed by atoms with E-state index >= 15 is 0 Å². The molecule has 6 rings (SSSR count). The Labute approximate surface area is 608 Å². The van der Waals surface area contributed by atoms with Gasteiger partial charge in [0.25, 0.3) is 0 Å². The van der Waals surface area contributed by atoms with Crippen molar-refractivity contribution in [2.45, 2.75) is 157 Å². The molecule has 0 radical (unpaired) electrons. The van der Waals surface area contributed by atoms with Crippen molar-refractivity contribution < 1.29 is 91.5 Å². The van der Waals surface area contributed by atoms with Crippen LogP contribution in [0.2, 0.25) is 0 Å². The minimum Gasteiger partial charge on any atom is -0.481 e. The Hall–Kier alpha value is -6.76. The lowest BCUT2D eigenvalue weighted by molar-refractivity contribution is -0.147. The molecule has 2 aromatic rings. The number of hydrogen-bond donors (Lipinski definition) is 10. The average molecular weight is 1500 g/mol. The third-order valence-electron chi connectivity index (χ3n) is 18.1. The number of primary amides is 1. The van der Waals surface area contributed by atoms with Crippen molar-refractivity contribution in [1.29, 1.82) is 0 Å². The smallest absolute Gasteiger partial charge is 0.317 e. The molecule has 0 unspecified atom stereocenters. The van der Waals surface area contributed by atoms with E-state index in [9.17, 15) is 91.5 Å². The van der Waals surface area contributed by atoms with Crippen LogP contribution in [0.25, 0.3) is 0 Å². The van der Waals surface area contributed by atoms with E-state index in [-0.39, 0.29) is 145 Å². The monoisotopic (exact) mass is 1500 g/mol. The van der Waals surface area contributed by atoms with Crippen molar-refractivity contribution in [3.05, 3.63) is 70.8 Å².